The predicted molar refractivity (Wildman–Crippen MR) is 173 cm³/mol. The van der Waals surface area contributed by atoms with Gasteiger partial charge in [-0.25, -0.2) is 4.98 Å². The fourth-order valence-electron chi connectivity index (χ4n) is 3.98. The van der Waals surface area contributed by atoms with Crippen molar-refractivity contribution >= 4 is 52.3 Å². The Kier molecular flexibility index (Phi) is 11.7. The summed E-state index contributed by atoms with van der Waals surface area (Å²) < 4.78 is 0. The predicted octanol–water partition coefficient (Wildman–Crippen LogP) is 4.44. The van der Waals surface area contributed by atoms with Crippen LogP contribution in [-0.2, 0) is 9.59 Å². The summed E-state index contributed by atoms with van der Waals surface area (Å²) in [7, 11) is 3.81. The second kappa shape index (κ2) is 15.4. The molecule has 12 nitrogen and oxygen atoms in total. The molecule has 0 aliphatic rings. The second-order valence-electron chi connectivity index (χ2n) is 11.1. The second-order valence-corrected chi connectivity index (χ2v) is 11.1. The van der Waals surface area contributed by atoms with Gasteiger partial charge in [0.1, 0.15) is 11.4 Å². The molecule has 0 bridgehead atoms. The molecule has 2 aromatic carbocycles. The number of hydrogen-bond donors (Lipinski definition) is 5. The third-order valence-electron chi connectivity index (χ3n) is 6.38. The largest absolute Gasteiger partial charge is 0.369 e. The van der Waals surface area contributed by atoms with E-state index in [1.54, 1.807) is 68.5 Å². The minimum absolute atomic E-state index is 0.0518. The van der Waals surface area contributed by atoms with Crippen LogP contribution in [0.3, 0.4) is 0 Å². The van der Waals surface area contributed by atoms with E-state index >= 15 is 0 Å². The molecule has 0 radical (unpaired) electrons. The lowest BCUT2D eigenvalue weighted by molar-refractivity contribution is -0.128. The van der Waals surface area contributed by atoms with Gasteiger partial charge in [0.2, 0.25) is 17.8 Å². The van der Waals surface area contributed by atoms with Crippen molar-refractivity contribution in [1.29, 1.82) is 0 Å². The zero-order valence-corrected chi connectivity index (χ0v) is 25.7. The van der Waals surface area contributed by atoms with Crippen LogP contribution in [0, 0.1) is 5.41 Å². The van der Waals surface area contributed by atoms with Gasteiger partial charge in [0.05, 0.1) is 5.41 Å². The summed E-state index contributed by atoms with van der Waals surface area (Å²) in [4.78, 5) is 60.7. The van der Waals surface area contributed by atoms with Gasteiger partial charge in [0.25, 0.3) is 5.91 Å². The van der Waals surface area contributed by atoms with Crippen molar-refractivity contribution in [2.75, 3.05) is 48.5 Å². The number of carbonyl (C=O) groups is 4. The summed E-state index contributed by atoms with van der Waals surface area (Å²) in [5, 5.41) is 11.9. The van der Waals surface area contributed by atoms with Crippen LogP contribution < -0.4 is 27.0 Å². The Morgan fingerprint density at radius 2 is 1.66 bits per heavy atom. The van der Waals surface area contributed by atoms with Gasteiger partial charge in [-0.15, -0.1) is 0 Å². The maximum absolute atomic E-state index is 13.3. The van der Waals surface area contributed by atoms with Crippen LogP contribution in [0.25, 0.3) is 0 Å². The van der Waals surface area contributed by atoms with Gasteiger partial charge in [0, 0.05) is 48.3 Å². The highest BCUT2D eigenvalue weighted by atomic mass is 16.2. The number of allylic oxidation sites excluding steroid dienone is 1. The molecular formula is C32H40N8O4. The topological polar surface area (TPSA) is 171 Å². The van der Waals surface area contributed by atoms with E-state index in [1.807, 2.05) is 25.9 Å². The van der Waals surface area contributed by atoms with Crippen molar-refractivity contribution in [2.45, 2.75) is 33.6 Å². The molecule has 3 rings (SSSR count). The first-order valence-electron chi connectivity index (χ1n) is 14.2. The lowest BCUT2D eigenvalue weighted by atomic mass is 9.86. The molecule has 0 aliphatic heterocycles. The van der Waals surface area contributed by atoms with E-state index in [0.29, 0.717) is 41.5 Å². The average Bonchev–Trinajstić information content (AvgIpc) is 2.96. The van der Waals surface area contributed by atoms with Crippen LogP contribution in [0.2, 0.25) is 0 Å². The SMILES string of the molecule is CCCNc1nc(Nc2ccc(C(N)=O)cc2)ncc1C(=O)Nc1cccc(NC(=O)C(C)(C)CC(=O)/C=C/CN(C)C)c1. The number of nitrogens with zero attached hydrogens (tertiary/aromatic N) is 3. The first-order chi connectivity index (χ1) is 20.9. The quantitative estimate of drug-likeness (QED) is 0.158. The Hall–Kier alpha value is -5.10. The molecule has 44 heavy (non-hydrogen) atoms. The Morgan fingerprint density at radius 1 is 0.977 bits per heavy atom. The van der Waals surface area contributed by atoms with E-state index in [2.05, 4.69) is 31.2 Å². The van der Waals surface area contributed by atoms with E-state index < -0.39 is 17.2 Å². The van der Waals surface area contributed by atoms with Crippen LogP contribution in [-0.4, -0.2) is 65.6 Å². The number of benzene rings is 2. The fourth-order valence-corrected chi connectivity index (χ4v) is 3.98. The molecule has 0 saturated carbocycles. The van der Waals surface area contributed by atoms with Crippen molar-refractivity contribution in [3.05, 3.63) is 78.0 Å². The number of rotatable bonds is 15. The van der Waals surface area contributed by atoms with E-state index in [4.69, 9.17) is 5.73 Å². The maximum Gasteiger partial charge on any atom is 0.260 e. The number of nitrogens with one attached hydrogen (secondary N) is 4. The lowest BCUT2D eigenvalue weighted by Gasteiger charge is -2.22. The Labute approximate surface area is 257 Å². The van der Waals surface area contributed by atoms with E-state index in [-0.39, 0.29) is 29.6 Å². The molecule has 0 fully saturated rings. The van der Waals surface area contributed by atoms with Crippen molar-refractivity contribution in [1.82, 2.24) is 14.9 Å². The minimum Gasteiger partial charge on any atom is -0.369 e. The molecule has 3 amide bonds. The number of amides is 3. The van der Waals surface area contributed by atoms with Gasteiger partial charge < -0.3 is 31.9 Å². The number of nitrogens with two attached hydrogens (primary N) is 1. The maximum atomic E-state index is 13.3. The molecule has 6 N–H and O–H groups in total. The molecule has 12 heteroatoms. The first-order valence-corrected chi connectivity index (χ1v) is 14.2. The van der Waals surface area contributed by atoms with E-state index in [0.717, 1.165) is 6.42 Å². The van der Waals surface area contributed by atoms with Gasteiger partial charge >= 0.3 is 0 Å². The minimum atomic E-state index is -0.949. The van der Waals surface area contributed by atoms with Crippen molar-refractivity contribution in [2.24, 2.45) is 11.1 Å². The van der Waals surface area contributed by atoms with Crippen molar-refractivity contribution in [3.63, 3.8) is 0 Å². The number of hydrogen-bond acceptors (Lipinski definition) is 9. The summed E-state index contributed by atoms with van der Waals surface area (Å²) in [6.07, 6.45) is 5.54. The highest BCUT2D eigenvalue weighted by molar-refractivity contribution is 6.08. The van der Waals surface area contributed by atoms with E-state index in [9.17, 15) is 19.2 Å². The van der Waals surface area contributed by atoms with Gasteiger partial charge in [-0.3, -0.25) is 19.2 Å². The molecule has 0 saturated heterocycles. The number of ketones is 1. The summed E-state index contributed by atoms with van der Waals surface area (Å²) in [6, 6.07) is 13.3. The van der Waals surface area contributed by atoms with Gasteiger partial charge in [-0.05, 0) is 69.1 Å². The van der Waals surface area contributed by atoms with Crippen molar-refractivity contribution in [3.8, 4) is 0 Å². The molecule has 0 atom stereocenters. The lowest BCUT2D eigenvalue weighted by Crippen LogP contribution is -2.32. The number of aromatic nitrogens is 2. The Balaban J connectivity index is 1.70. The van der Waals surface area contributed by atoms with Crippen LogP contribution in [0.4, 0.5) is 28.8 Å². The standard InChI is InChI=1S/C32H40N8O4/c1-6-16-34-28-26(20-35-31(39-28)38-22-14-12-21(13-15-22)27(33)42)29(43)36-23-9-7-10-24(18-23)37-30(44)32(2,3)19-25(41)11-8-17-40(4)5/h7-15,18,20H,6,16-17,19H2,1-5H3,(H2,33,42)(H,36,43)(H,37,44)(H2,34,35,38,39)/b11-8+. The number of anilines is 5. The molecule has 0 unspecified atom stereocenters. The van der Waals surface area contributed by atoms with Gasteiger partial charge in [-0.1, -0.05) is 32.9 Å². The third-order valence-corrected chi connectivity index (χ3v) is 6.38. The highest BCUT2D eigenvalue weighted by Gasteiger charge is 2.30. The monoisotopic (exact) mass is 600 g/mol. The van der Waals surface area contributed by atoms with Crippen molar-refractivity contribution < 1.29 is 19.2 Å². The molecule has 3 aromatic rings. The fraction of sp³-hybridized carbons (Fsp3) is 0.312. The molecular weight excluding hydrogens is 560 g/mol. The molecule has 0 aliphatic carbocycles. The number of likely N-dealkylation sites (N-methyl/N-ethyl adjacent to an activating group) is 1. The zero-order valence-electron chi connectivity index (χ0n) is 25.7. The number of carbonyl (C=O) groups excluding carboxylic acids is 4. The van der Waals surface area contributed by atoms with Crippen LogP contribution in [0.5, 0.6) is 0 Å². The molecule has 1 heterocycles. The molecule has 1 aromatic heterocycles. The Morgan fingerprint density at radius 3 is 2.30 bits per heavy atom. The molecule has 0 spiro atoms. The molecule has 232 valence electrons. The smallest absolute Gasteiger partial charge is 0.260 e. The Bertz CT molecular complexity index is 1520. The van der Waals surface area contributed by atoms with E-state index in [1.165, 1.54) is 12.3 Å². The summed E-state index contributed by atoms with van der Waals surface area (Å²) in [5.41, 5.74) is 6.52. The van der Waals surface area contributed by atoms with Gasteiger partial charge in [-0.2, -0.15) is 4.98 Å². The van der Waals surface area contributed by atoms with Crippen LogP contribution >= 0.6 is 0 Å². The summed E-state index contributed by atoms with van der Waals surface area (Å²) >= 11 is 0. The highest BCUT2D eigenvalue weighted by Crippen LogP contribution is 2.25. The van der Waals surface area contributed by atoms with Crippen LogP contribution in [0.1, 0.15) is 54.3 Å². The average molecular weight is 601 g/mol. The normalized spacial score (nSPS) is 11.3. The van der Waals surface area contributed by atoms with Crippen LogP contribution in [0.15, 0.2) is 66.9 Å². The third kappa shape index (κ3) is 10.0. The number of primary amides is 1. The summed E-state index contributed by atoms with van der Waals surface area (Å²) in [6.45, 7) is 6.63. The van der Waals surface area contributed by atoms with Gasteiger partial charge in [0.15, 0.2) is 5.78 Å². The summed E-state index contributed by atoms with van der Waals surface area (Å²) in [5.74, 6) is -0.828. The zero-order chi connectivity index (χ0) is 32.3. The first kappa shape index (κ1) is 33.4.